The fraction of sp³-hybridized carbons (Fsp3) is 0.632. The normalized spacial score (nSPS) is 21.1. The first-order chi connectivity index (χ1) is 12.4. The van der Waals surface area contributed by atoms with Gasteiger partial charge in [-0.2, -0.15) is 0 Å². The van der Waals surface area contributed by atoms with Crippen LogP contribution in [0.25, 0.3) is 0 Å². The minimum Gasteiger partial charge on any atom is -0.361 e. The predicted octanol–water partition coefficient (Wildman–Crippen LogP) is 3.80. The Morgan fingerprint density at radius 3 is 2.73 bits per heavy atom. The Bertz CT molecular complexity index is 725. The van der Waals surface area contributed by atoms with Crippen LogP contribution in [0.5, 0.6) is 0 Å². The third-order valence-corrected chi connectivity index (χ3v) is 5.72. The Morgan fingerprint density at radius 2 is 2.08 bits per heavy atom. The maximum Gasteiger partial charge on any atom is 0.226 e. The van der Waals surface area contributed by atoms with Gasteiger partial charge in [0, 0.05) is 37.0 Å². The second-order valence-corrected chi connectivity index (χ2v) is 8.49. The van der Waals surface area contributed by atoms with Crippen molar-refractivity contribution in [1.82, 2.24) is 15.0 Å². The van der Waals surface area contributed by atoms with Gasteiger partial charge in [-0.05, 0) is 38.5 Å². The highest BCUT2D eigenvalue weighted by Gasteiger charge is 2.22. The van der Waals surface area contributed by atoms with Crippen molar-refractivity contribution in [2.75, 3.05) is 18.4 Å². The molecule has 1 aliphatic rings. The summed E-state index contributed by atoms with van der Waals surface area (Å²) < 4.78 is 5.14. The van der Waals surface area contributed by atoms with Crippen LogP contribution in [0.1, 0.15) is 49.4 Å². The molecule has 0 saturated carbocycles. The molecule has 0 radical (unpaired) electrons. The number of thiazole rings is 1. The Balaban J connectivity index is 1.49. The molecule has 3 rings (SSSR count). The van der Waals surface area contributed by atoms with E-state index in [1.54, 1.807) is 0 Å². The molecule has 0 bridgehead atoms. The first-order valence-corrected chi connectivity index (χ1v) is 10.2. The van der Waals surface area contributed by atoms with Crippen molar-refractivity contribution in [3.63, 3.8) is 0 Å². The number of aryl methyl sites for hydroxylation is 2. The van der Waals surface area contributed by atoms with E-state index >= 15 is 0 Å². The molecule has 2 atom stereocenters. The summed E-state index contributed by atoms with van der Waals surface area (Å²) in [5, 5.41) is 9.57. The fourth-order valence-corrected chi connectivity index (χ4v) is 4.58. The molecule has 0 aliphatic carbocycles. The quantitative estimate of drug-likeness (QED) is 0.830. The molecule has 1 saturated heterocycles. The van der Waals surface area contributed by atoms with Crippen LogP contribution in [-0.2, 0) is 17.8 Å². The fourth-order valence-electron chi connectivity index (χ4n) is 3.87. The summed E-state index contributed by atoms with van der Waals surface area (Å²) in [6.45, 7) is 11.5. The number of piperidine rings is 1. The SMILES string of the molecule is Cc1noc(C)c1CCC(=O)Nc1nc(CN2C[C@@H](C)C[C@H](C)C2)cs1. The van der Waals surface area contributed by atoms with Crippen molar-refractivity contribution < 1.29 is 9.32 Å². The van der Waals surface area contributed by atoms with Gasteiger partial charge in [-0.1, -0.05) is 19.0 Å². The van der Waals surface area contributed by atoms with Gasteiger partial charge in [-0.3, -0.25) is 9.69 Å². The van der Waals surface area contributed by atoms with Crippen LogP contribution < -0.4 is 5.32 Å². The van der Waals surface area contributed by atoms with Gasteiger partial charge in [-0.25, -0.2) is 4.98 Å². The minimum absolute atomic E-state index is 0.0221. The molecule has 2 aromatic heterocycles. The highest BCUT2D eigenvalue weighted by molar-refractivity contribution is 7.13. The Kier molecular flexibility index (Phi) is 6.09. The topological polar surface area (TPSA) is 71.3 Å². The van der Waals surface area contributed by atoms with E-state index < -0.39 is 0 Å². The third-order valence-electron chi connectivity index (χ3n) is 4.91. The molecule has 26 heavy (non-hydrogen) atoms. The average molecular weight is 377 g/mol. The summed E-state index contributed by atoms with van der Waals surface area (Å²) in [6, 6.07) is 0. The van der Waals surface area contributed by atoms with Crippen LogP contribution in [0.15, 0.2) is 9.90 Å². The van der Waals surface area contributed by atoms with Gasteiger partial charge in [0.15, 0.2) is 5.13 Å². The van der Waals surface area contributed by atoms with Gasteiger partial charge in [0.2, 0.25) is 5.91 Å². The number of nitrogens with one attached hydrogen (secondary N) is 1. The van der Waals surface area contributed by atoms with Crippen LogP contribution in [0.3, 0.4) is 0 Å². The summed E-state index contributed by atoms with van der Waals surface area (Å²) in [7, 11) is 0. The van der Waals surface area contributed by atoms with Crippen molar-refractivity contribution in [3.05, 3.63) is 28.1 Å². The molecule has 142 valence electrons. The zero-order chi connectivity index (χ0) is 18.7. The van der Waals surface area contributed by atoms with Crippen molar-refractivity contribution in [3.8, 4) is 0 Å². The number of hydrogen-bond donors (Lipinski definition) is 1. The largest absolute Gasteiger partial charge is 0.361 e. The summed E-state index contributed by atoms with van der Waals surface area (Å²) in [4.78, 5) is 19.3. The van der Waals surface area contributed by atoms with Crippen LogP contribution in [-0.4, -0.2) is 34.0 Å². The van der Waals surface area contributed by atoms with Crippen molar-refractivity contribution >= 4 is 22.4 Å². The van der Waals surface area contributed by atoms with Crippen LogP contribution in [0, 0.1) is 25.7 Å². The summed E-state index contributed by atoms with van der Waals surface area (Å²) >= 11 is 1.50. The molecule has 2 aromatic rings. The van der Waals surface area contributed by atoms with Crippen molar-refractivity contribution in [2.45, 2.75) is 53.5 Å². The van der Waals surface area contributed by atoms with Crippen molar-refractivity contribution in [1.29, 1.82) is 0 Å². The molecule has 1 fully saturated rings. The zero-order valence-corrected chi connectivity index (χ0v) is 16.9. The number of nitrogens with zero attached hydrogens (tertiary/aromatic N) is 3. The first kappa shape index (κ1) is 19.0. The molecule has 6 nitrogen and oxygen atoms in total. The van der Waals surface area contributed by atoms with Crippen LogP contribution in [0.2, 0.25) is 0 Å². The molecule has 0 unspecified atom stereocenters. The van der Waals surface area contributed by atoms with Gasteiger partial charge >= 0.3 is 0 Å². The first-order valence-electron chi connectivity index (χ1n) is 9.29. The van der Waals surface area contributed by atoms with Gasteiger partial charge < -0.3 is 9.84 Å². The molecule has 0 aromatic carbocycles. The molecule has 1 N–H and O–H groups in total. The summed E-state index contributed by atoms with van der Waals surface area (Å²) in [6.07, 6.45) is 2.34. The number of carbonyl (C=O) groups excluding carboxylic acids is 1. The standard InChI is InChI=1S/C19H28N4O2S/c1-12-7-13(2)9-23(8-12)10-16-11-26-19(20-16)21-18(24)6-5-17-14(3)22-25-15(17)4/h11-13H,5-10H2,1-4H3,(H,20,21,24)/t12-,13-/m0/s1. The lowest BCUT2D eigenvalue weighted by Crippen LogP contribution is -2.38. The molecule has 3 heterocycles. The maximum absolute atomic E-state index is 12.2. The van der Waals surface area contributed by atoms with E-state index in [1.807, 2.05) is 19.2 Å². The number of aromatic nitrogens is 2. The summed E-state index contributed by atoms with van der Waals surface area (Å²) in [5.41, 5.74) is 2.92. The van der Waals surface area contributed by atoms with E-state index in [2.05, 4.69) is 34.2 Å². The number of likely N-dealkylation sites (tertiary alicyclic amines) is 1. The van der Waals surface area contributed by atoms with Gasteiger partial charge in [0.1, 0.15) is 5.76 Å². The molecule has 0 spiro atoms. The van der Waals surface area contributed by atoms with E-state index in [1.165, 1.54) is 17.8 Å². The lowest BCUT2D eigenvalue weighted by molar-refractivity contribution is -0.116. The second-order valence-electron chi connectivity index (χ2n) is 7.64. The van der Waals surface area contributed by atoms with E-state index in [0.717, 1.165) is 54.2 Å². The Labute approximate surface area is 159 Å². The molecular formula is C19H28N4O2S. The number of anilines is 1. The smallest absolute Gasteiger partial charge is 0.226 e. The molecular weight excluding hydrogens is 348 g/mol. The maximum atomic E-state index is 12.2. The van der Waals surface area contributed by atoms with Gasteiger partial charge in [0.25, 0.3) is 0 Å². The number of carbonyl (C=O) groups is 1. The van der Waals surface area contributed by atoms with E-state index in [-0.39, 0.29) is 5.91 Å². The highest BCUT2D eigenvalue weighted by Crippen LogP contribution is 2.24. The Hall–Kier alpha value is -1.73. The number of amides is 1. The molecule has 1 amide bonds. The molecule has 1 aliphatic heterocycles. The Morgan fingerprint density at radius 1 is 1.35 bits per heavy atom. The average Bonchev–Trinajstić information content (AvgIpc) is 3.11. The molecule has 7 heteroatoms. The van der Waals surface area contributed by atoms with E-state index in [4.69, 9.17) is 4.52 Å². The zero-order valence-electron chi connectivity index (χ0n) is 16.0. The monoisotopic (exact) mass is 376 g/mol. The van der Waals surface area contributed by atoms with Gasteiger partial charge in [0.05, 0.1) is 11.4 Å². The predicted molar refractivity (Wildman–Crippen MR) is 103 cm³/mol. The number of rotatable bonds is 6. The lowest BCUT2D eigenvalue weighted by atomic mass is 9.92. The highest BCUT2D eigenvalue weighted by atomic mass is 32.1. The third kappa shape index (κ3) is 4.92. The number of hydrogen-bond acceptors (Lipinski definition) is 6. The van der Waals surface area contributed by atoms with Gasteiger partial charge in [-0.15, -0.1) is 11.3 Å². The summed E-state index contributed by atoms with van der Waals surface area (Å²) in [5.74, 6) is 2.24. The van der Waals surface area contributed by atoms with E-state index in [0.29, 0.717) is 18.0 Å². The second kappa shape index (κ2) is 8.31. The van der Waals surface area contributed by atoms with Crippen LogP contribution >= 0.6 is 11.3 Å². The minimum atomic E-state index is -0.0221. The van der Waals surface area contributed by atoms with E-state index in [9.17, 15) is 4.79 Å². The lowest BCUT2D eigenvalue weighted by Gasteiger charge is -2.34. The van der Waals surface area contributed by atoms with Crippen LogP contribution in [0.4, 0.5) is 5.13 Å². The van der Waals surface area contributed by atoms with Crippen molar-refractivity contribution in [2.24, 2.45) is 11.8 Å².